The Labute approximate surface area is 124 Å². The number of aromatic nitrogens is 2. The Bertz CT molecular complexity index is 618. The fourth-order valence-electron chi connectivity index (χ4n) is 2.13. The van der Waals surface area contributed by atoms with E-state index >= 15 is 0 Å². The number of carbonyl (C=O) groups is 1. The second-order valence-electron chi connectivity index (χ2n) is 5.13. The van der Waals surface area contributed by atoms with Crippen molar-refractivity contribution in [1.82, 2.24) is 9.97 Å². The summed E-state index contributed by atoms with van der Waals surface area (Å²) in [5.74, 6) is -0.720. The van der Waals surface area contributed by atoms with Gasteiger partial charge in [0.25, 0.3) is 0 Å². The van der Waals surface area contributed by atoms with E-state index in [9.17, 15) is 4.79 Å². The smallest absolute Gasteiger partial charge is 0.306 e. The van der Waals surface area contributed by atoms with Crippen LogP contribution in [0.2, 0.25) is 0 Å². The second-order valence-corrected chi connectivity index (χ2v) is 5.13. The topological polar surface area (TPSA) is 75.1 Å². The van der Waals surface area contributed by atoms with Gasteiger partial charge in [0.1, 0.15) is 0 Å². The molecule has 1 unspecified atom stereocenters. The van der Waals surface area contributed by atoms with Crippen molar-refractivity contribution in [1.29, 1.82) is 0 Å². The van der Waals surface area contributed by atoms with E-state index in [2.05, 4.69) is 15.3 Å². The maximum absolute atomic E-state index is 11.0. The lowest BCUT2D eigenvalue weighted by molar-refractivity contribution is -0.141. The first-order chi connectivity index (χ1) is 9.97. The van der Waals surface area contributed by atoms with Gasteiger partial charge < -0.3 is 10.4 Å². The van der Waals surface area contributed by atoms with E-state index in [4.69, 9.17) is 5.11 Å². The van der Waals surface area contributed by atoms with Gasteiger partial charge in [-0.1, -0.05) is 25.1 Å². The molecule has 0 aliphatic carbocycles. The van der Waals surface area contributed by atoms with E-state index in [1.54, 1.807) is 6.92 Å². The Hall–Kier alpha value is -2.43. The van der Waals surface area contributed by atoms with E-state index in [-0.39, 0.29) is 0 Å². The summed E-state index contributed by atoms with van der Waals surface area (Å²) in [5, 5.41) is 12.2. The van der Waals surface area contributed by atoms with Crippen LogP contribution in [-0.4, -0.2) is 21.0 Å². The molecule has 1 atom stereocenters. The highest BCUT2D eigenvalue weighted by Gasteiger charge is 2.16. The van der Waals surface area contributed by atoms with E-state index in [1.165, 1.54) is 0 Å². The Kier molecular flexibility index (Phi) is 4.52. The van der Waals surface area contributed by atoms with Crippen molar-refractivity contribution in [2.75, 3.05) is 5.32 Å². The van der Waals surface area contributed by atoms with Gasteiger partial charge in [-0.25, -0.2) is 9.97 Å². The molecule has 0 spiro atoms. The quantitative estimate of drug-likeness (QED) is 0.883. The minimum Gasteiger partial charge on any atom is -0.481 e. The number of para-hydroxylation sites is 1. The van der Waals surface area contributed by atoms with Crippen LogP contribution in [0.25, 0.3) is 0 Å². The zero-order valence-electron chi connectivity index (χ0n) is 12.4. The van der Waals surface area contributed by atoms with E-state index in [1.807, 2.05) is 44.2 Å². The Balaban J connectivity index is 2.23. The molecule has 0 aliphatic rings. The average molecular weight is 285 g/mol. The van der Waals surface area contributed by atoms with Gasteiger partial charge in [0.05, 0.1) is 5.92 Å². The zero-order valence-corrected chi connectivity index (χ0v) is 12.4. The predicted octanol–water partition coefficient (Wildman–Crippen LogP) is 3.10. The third kappa shape index (κ3) is 3.78. The van der Waals surface area contributed by atoms with Crippen LogP contribution in [0.4, 0.5) is 11.6 Å². The number of benzene rings is 1. The van der Waals surface area contributed by atoms with Crippen molar-refractivity contribution in [3.8, 4) is 0 Å². The van der Waals surface area contributed by atoms with Crippen LogP contribution in [0.1, 0.15) is 23.9 Å². The molecule has 0 saturated carbocycles. The number of hydrogen-bond acceptors (Lipinski definition) is 4. The highest BCUT2D eigenvalue weighted by molar-refractivity contribution is 5.70. The molecule has 5 heteroatoms. The number of nitrogens with one attached hydrogen (secondary N) is 1. The minimum absolute atomic E-state index is 0.443. The van der Waals surface area contributed by atoms with Gasteiger partial charge in [0, 0.05) is 17.1 Å². The maximum Gasteiger partial charge on any atom is 0.306 e. The molecule has 1 aromatic heterocycles. The van der Waals surface area contributed by atoms with Gasteiger partial charge in [-0.3, -0.25) is 4.79 Å². The summed E-state index contributed by atoms with van der Waals surface area (Å²) < 4.78 is 0. The number of hydrogen-bond donors (Lipinski definition) is 2. The molecule has 2 aromatic rings. The molecular formula is C16H19N3O2. The van der Waals surface area contributed by atoms with E-state index in [0.29, 0.717) is 12.4 Å². The molecule has 0 saturated heterocycles. The van der Waals surface area contributed by atoms with Crippen LogP contribution in [0.3, 0.4) is 0 Å². The number of carboxylic acid groups (broad SMARTS) is 1. The van der Waals surface area contributed by atoms with Crippen LogP contribution < -0.4 is 5.32 Å². The molecule has 0 aliphatic heterocycles. The molecule has 1 heterocycles. The van der Waals surface area contributed by atoms with Crippen LogP contribution in [-0.2, 0) is 11.2 Å². The van der Waals surface area contributed by atoms with Crippen molar-refractivity contribution in [2.24, 2.45) is 5.92 Å². The van der Waals surface area contributed by atoms with Crippen LogP contribution in [0.15, 0.2) is 30.3 Å². The first-order valence-electron chi connectivity index (χ1n) is 6.86. The summed E-state index contributed by atoms with van der Waals surface area (Å²) in [5.41, 5.74) is 3.45. The average Bonchev–Trinajstić information content (AvgIpc) is 2.43. The zero-order chi connectivity index (χ0) is 15.4. The molecule has 21 heavy (non-hydrogen) atoms. The summed E-state index contributed by atoms with van der Waals surface area (Å²) in [6.07, 6.45) is 0.443. The normalized spacial score (nSPS) is 12.0. The number of carboxylic acids is 1. The van der Waals surface area contributed by atoms with Crippen molar-refractivity contribution < 1.29 is 9.90 Å². The Morgan fingerprint density at radius 3 is 2.29 bits per heavy atom. The molecule has 2 rings (SSSR count). The van der Waals surface area contributed by atoms with Crippen molar-refractivity contribution >= 4 is 17.6 Å². The van der Waals surface area contributed by atoms with Crippen LogP contribution in [0.5, 0.6) is 0 Å². The lowest BCUT2D eigenvalue weighted by atomic mass is 9.99. The van der Waals surface area contributed by atoms with Crippen molar-refractivity contribution in [3.05, 3.63) is 47.3 Å². The standard InChI is InChI=1S/C16H19N3O2/c1-10(15(20)21)9-14-11(2)17-16(18-12(14)3)19-13-7-5-4-6-8-13/h4-8,10H,9H2,1-3H3,(H,20,21)(H,17,18,19). The monoisotopic (exact) mass is 285 g/mol. The molecule has 110 valence electrons. The van der Waals surface area contributed by atoms with E-state index in [0.717, 1.165) is 22.6 Å². The molecule has 2 N–H and O–H groups in total. The summed E-state index contributed by atoms with van der Waals surface area (Å²) in [7, 11) is 0. The molecule has 0 fully saturated rings. The third-order valence-corrected chi connectivity index (χ3v) is 3.38. The van der Waals surface area contributed by atoms with Gasteiger partial charge in [-0.15, -0.1) is 0 Å². The highest BCUT2D eigenvalue weighted by atomic mass is 16.4. The van der Waals surface area contributed by atoms with Crippen molar-refractivity contribution in [3.63, 3.8) is 0 Å². The fraction of sp³-hybridized carbons (Fsp3) is 0.312. The van der Waals surface area contributed by atoms with Crippen molar-refractivity contribution in [2.45, 2.75) is 27.2 Å². The molecule has 5 nitrogen and oxygen atoms in total. The van der Waals surface area contributed by atoms with Gasteiger partial charge in [0.2, 0.25) is 5.95 Å². The van der Waals surface area contributed by atoms with Gasteiger partial charge in [-0.2, -0.15) is 0 Å². The molecule has 0 bridgehead atoms. The SMILES string of the molecule is Cc1nc(Nc2ccccc2)nc(C)c1CC(C)C(=O)O. The van der Waals surface area contributed by atoms with Gasteiger partial charge >= 0.3 is 5.97 Å². The minimum atomic E-state index is -0.805. The maximum atomic E-state index is 11.0. The summed E-state index contributed by atoms with van der Waals surface area (Å²) in [4.78, 5) is 19.8. The summed E-state index contributed by atoms with van der Waals surface area (Å²) in [6.45, 7) is 5.46. The molecular weight excluding hydrogens is 266 g/mol. The van der Waals surface area contributed by atoms with Crippen LogP contribution in [0, 0.1) is 19.8 Å². The Morgan fingerprint density at radius 1 is 1.19 bits per heavy atom. The van der Waals surface area contributed by atoms with Crippen LogP contribution >= 0.6 is 0 Å². The Morgan fingerprint density at radius 2 is 1.76 bits per heavy atom. The molecule has 0 amide bonds. The third-order valence-electron chi connectivity index (χ3n) is 3.38. The number of nitrogens with zero attached hydrogens (tertiary/aromatic N) is 2. The largest absolute Gasteiger partial charge is 0.481 e. The number of aliphatic carboxylic acids is 1. The summed E-state index contributed by atoms with van der Waals surface area (Å²) in [6, 6.07) is 9.69. The first-order valence-corrected chi connectivity index (χ1v) is 6.86. The fourth-order valence-corrected chi connectivity index (χ4v) is 2.13. The molecule has 1 aromatic carbocycles. The predicted molar refractivity (Wildman–Crippen MR) is 81.7 cm³/mol. The molecule has 0 radical (unpaired) electrons. The number of rotatable bonds is 5. The summed E-state index contributed by atoms with van der Waals surface area (Å²) >= 11 is 0. The lowest BCUT2D eigenvalue weighted by Crippen LogP contribution is -2.15. The number of anilines is 2. The number of aryl methyl sites for hydroxylation is 2. The van der Waals surface area contributed by atoms with Gasteiger partial charge in [0.15, 0.2) is 0 Å². The first kappa shape index (κ1) is 15.0. The van der Waals surface area contributed by atoms with Gasteiger partial charge in [-0.05, 0) is 38.0 Å². The lowest BCUT2D eigenvalue weighted by Gasteiger charge is -2.13. The van der Waals surface area contributed by atoms with E-state index < -0.39 is 11.9 Å². The highest BCUT2D eigenvalue weighted by Crippen LogP contribution is 2.19. The second kappa shape index (κ2) is 6.35.